The van der Waals surface area contributed by atoms with Crippen LogP contribution in [0.25, 0.3) is 0 Å². The van der Waals surface area contributed by atoms with Crippen LogP contribution in [0.15, 0.2) is 47.9 Å². The van der Waals surface area contributed by atoms with Gasteiger partial charge in [0.25, 0.3) is 10.0 Å². The van der Waals surface area contributed by atoms with E-state index in [0.29, 0.717) is 0 Å². The van der Waals surface area contributed by atoms with E-state index in [0.717, 1.165) is 5.56 Å². The topological polar surface area (TPSA) is 93.5 Å². The summed E-state index contributed by atoms with van der Waals surface area (Å²) in [7, 11) is -1.89. The lowest BCUT2D eigenvalue weighted by atomic mass is 10.2. The average molecular weight is 350 g/mol. The Hall–Kier alpha value is -2.39. The van der Waals surface area contributed by atoms with Gasteiger partial charge in [-0.05, 0) is 5.56 Å². The van der Waals surface area contributed by atoms with Gasteiger partial charge in [0, 0.05) is 26.3 Å². The second-order valence-corrected chi connectivity index (χ2v) is 7.49. The van der Waals surface area contributed by atoms with Crippen molar-refractivity contribution in [1.82, 2.24) is 19.2 Å². The Bertz CT molecular complexity index is 813. The number of ether oxygens (including phenoxy) is 1. The van der Waals surface area contributed by atoms with Crippen LogP contribution in [-0.2, 0) is 28.4 Å². The van der Waals surface area contributed by atoms with E-state index in [9.17, 15) is 13.2 Å². The molecule has 1 N–H and O–H groups in total. The molecule has 9 heteroatoms. The summed E-state index contributed by atoms with van der Waals surface area (Å²) in [6.07, 6.45) is 2.33. The Kier molecular flexibility index (Phi) is 4.54. The van der Waals surface area contributed by atoms with Gasteiger partial charge in [0.15, 0.2) is 5.03 Å². The lowest BCUT2D eigenvalue weighted by Crippen LogP contribution is -2.60. The summed E-state index contributed by atoms with van der Waals surface area (Å²) in [5, 5.41) is 2.66. The van der Waals surface area contributed by atoms with Crippen LogP contribution in [0.2, 0.25) is 0 Å². The Balaban J connectivity index is 1.46. The molecule has 1 aromatic heterocycles. The van der Waals surface area contributed by atoms with Crippen molar-refractivity contribution in [3.05, 3.63) is 48.4 Å². The van der Waals surface area contributed by atoms with Crippen LogP contribution in [0.5, 0.6) is 0 Å². The second kappa shape index (κ2) is 6.62. The second-order valence-electron chi connectivity index (χ2n) is 5.60. The van der Waals surface area contributed by atoms with Gasteiger partial charge in [-0.15, -0.1) is 0 Å². The van der Waals surface area contributed by atoms with Crippen LogP contribution in [0.4, 0.5) is 4.79 Å². The van der Waals surface area contributed by atoms with Crippen molar-refractivity contribution in [3.8, 4) is 0 Å². The van der Waals surface area contributed by atoms with E-state index < -0.39 is 16.1 Å². The third kappa shape index (κ3) is 3.57. The summed E-state index contributed by atoms with van der Waals surface area (Å²) in [4.78, 5) is 15.6. The molecule has 8 nitrogen and oxygen atoms in total. The van der Waals surface area contributed by atoms with Gasteiger partial charge in [-0.3, -0.25) is 0 Å². The molecule has 0 radical (unpaired) electrons. The maximum Gasteiger partial charge on any atom is 0.407 e. The number of nitrogens with zero attached hydrogens (tertiary/aromatic N) is 3. The molecule has 0 bridgehead atoms. The maximum absolute atomic E-state index is 12.3. The number of hydrogen-bond donors (Lipinski definition) is 1. The van der Waals surface area contributed by atoms with Crippen molar-refractivity contribution in [1.29, 1.82) is 0 Å². The first-order chi connectivity index (χ1) is 11.4. The molecular formula is C15H18N4O4S. The van der Waals surface area contributed by atoms with Crippen LogP contribution in [-0.4, -0.2) is 47.5 Å². The smallest absolute Gasteiger partial charge is 0.407 e. The number of rotatable bonds is 5. The molecule has 0 atom stereocenters. The van der Waals surface area contributed by atoms with Crippen LogP contribution < -0.4 is 5.32 Å². The average Bonchev–Trinajstić information content (AvgIpc) is 2.96. The molecule has 2 heterocycles. The number of imidazole rings is 1. The minimum Gasteiger partial charge on any atom is -0.445 e. The highest BCUT2D eigenvalue weighted by molar-refractivity contribution is 7.89. The number of carbonyl (C=O) groups excluding carboxylic acids is 1. The minimum atomic E-state index is -3.60. The number of hydrogen-bond acceptors (Lipinski definition) is 5. The molecule has 0 spiro atoms. The van der Waals surface area contributed by atoms with Crippen molar-refractivity contribution < 1.29 is 17.9 Å². The first-order valence-corrected chi connectivity index (χ1v) is 8.84. The first kappa shape index (κ1) is 16.5. The molecule has 1 fully saturated rings. The quantitative estimate of drug-likeness (QED) is 0.858. The number of amides is 1. The van der Waals surface area contributed by atoms with E-state index >= 15 is 0 Å². The largest absolute Gasteiger partial charge is 0.445 e. The molecule has 1 aliphatic heterocycles. The summed E-state index contributed by atoms with van der Waals surface area (Å²) in [5.41, 5.74) is 0.889. The summed E-state index contributed by atoms with van der Waals surface area (Å²) >= 11 is 0. The Morgan fingerprint density at radius 2 is 2.04 bits per heavy atom. The number of aryl methyl sites for hydroxylation is 1. The molecule has 2 aromatic rings. The predicted octanol–water partition coefficient (Wildman–Crippen LogP) is 0.719. The molecule has 1 amide bonds. The molecule has 3 rings (SSSR count). The van der Waals surface area contributed by atoms with E-state index in [1.807, 2.05) is 30.3 Å². The molecule has 0 aliphatic carbocycles. The molecule has 24 heavy (non-hydrogen) atoms. The summed E-state index contributed by atoms with van der Waals surface area (Å²) in [6.45, 7) is 0.591. The van der Waals surface area contributed by atoms with E-state index in [1.165, 1.54) is 16.8 Å². The van der Waals surface area contributed by atoms with E-state index in [-0.39, 0.29) is 30.8 Å². The van der Waals surface area contributed by atoms with Crippen molar-refractivity contribution >= 4 is 16.1 Å². The fraction of sp³-hybridized carbons (Fsp3) is 0.333. The van der Waals surface area contributed by atoms with Crippen molar-refractivity contribution in [2.24, 2.45) is 7.05 Å². The maximum atomic E-state index is 12.3. The Morgan fingerprint density at radius 1 is 1.33 bits per heavy atom. The highest BCUT2D eigenvalue weighted by atomic mass is 32.2. The zero-order chi connectivity index (χ0) is 17.2. The van der Waals surface area contributed by atoms with Gasteiger partial charge >= 0.3 is 6.09 Å². The molecule has 128 valence electrons. The van der Waals surface area contributed by atoms with Gasteiger partial charge in [0.05, 0.1) is 12.4 Å². The lowest BCUT2D eigenvalue weighted by Gasteiger charge is -2.37. The molecule has 1 saturated heterocycles. The SMILES string of the molecule is Cn1cnc(S(=O)(=O)N2CC(NC(=O)OCc3ccccc3)C2)c1. The van der Waals surface area contributed by atoms with Crippen LogP contribution in [0.3, 0.4) is 0 Å². The fourth-order valence-corrected chi connectivity index (χ4v) is 3.81. The highest BCUT2D eigenvalue weighted by Crippen LogP contribution is 2.20. The van der Waals surface area contributed by atoms with E-state index in [1.54, 1.807) is 11.6 Å². The molecular weight excluding hydrogens is 332 g/mol. The van der Waals surface area contributed by atoms with Gasteiger partial charge in [-0.2, -0.15) is 4.31 Å². The first-order valence-electron chi connectivity index (χ1n) is 7.40. The Labute approximate surface area is 140 Å². The minimum absolute atomic E-state index is 0.00936. The van der Waals surface area contributed by atoms with Gasteiger partial charge in [-0.25, -0.2) is 18.2 Å². The van der Waals surface area contributed by atoms with Crippen molar-refractivity contribution in [2.75, 3.05) is 13.1 Å². The zero-order valence-electron chi connectivity index (χ0n) is 13.1. The van der Waals surface area contributed by atoms with E-state index in [2.05, 4.69) is 10.3 Å². The number of alkyl carbamates (subject to hydrolysis) is 1. The number of sulfonamides is 1. The monoisotopic (exact) mass is 350 g/mol. The molecule has 1 aromatic carbocycles. The van der Waals surface area contributed by atoms with Gasteiger partial charge in [0.1, 0.15) is 6.61 Å². The van der Waals surface area contributed by atoms with Gasteiger partial charge < -0.3 is 14.6 Å². The van der Waals surface area contributed by atoms with Crippen molar-refractivity contribution in [3.63, 3.8) is 0 Å². The van der Waals surface area contributed by atoms with Gasteiger partial charge in [0.2, 0.25) is 0 Å². The van der Waals surface area contributed by atoms with Gasteiger partial charge in [-0.1, -0.05) is 30.3 Å². The number of nitrogens with one attached hydrogen (secondary N) is 1. The lowest BCUT2D eigenvalue weighted by molar-refractivity contribution is 0.123. The third-order valence-electron chi connectivity index (χ3n) is 3.67. The molecule has 0 saturated carbocycles. The normalized spacial score (nSPS) is 15.7. The van der Waals surface area contributed by atoms with Crippen LogP contribution >= 0.6 is 0 Å². The third-order valence-corrected chi connectivity index (χ3v) is 5.39. The van der Waals surface area contributed by atoms with E-state index in [4.69, 9.17) is 4.74 Å². The summed E-state index contributed by atoms with van der Waals surface area (Å²) in [5.74, 6) is 0. The zero-order valence-corrected chi connectivity index (χ0v) is 13.9. The van der Waals surface area contributed by atoms with Crippen LogP contribution in [0, 0.1) is 0 Å². The predicted molar refractivity (Wildman–Crippen MR) is 85.5 cm³/mol. The number of benzene rings is 1. The van der Waals surface area contributed by atoms with Crippen molar-refractivity contribution in [2.45, 2.75) is 17.7 Å². The number of aromatic nitrogens is 2. The fourth-order valence-electron chi connectivity index (χ4n) is 2.31. The highest BCUT2D eigenvalue weighted by Gasteiger charge is 2.38. The van der Waals surface area contributed by atoms with Crippen LogP contribution in [0.1, 0.15) is 5.56 Å². The Morgan fingerprint density at radius 3 is 2.67 bits per heavy atom. The summed E-state index contributed by atoms with van der Waals surface area (Å²) < 4.78 is 32.5. The molecule has 0 unspecified atom stereocenters. The standard InChI is InChI=1S/C15H18N4O4S/c1-18-9-14(16-11-18)24(21,22)19-7-13(8-19)17-15(20)23-10-12-5-3-2-4-6-12/h2-6,9,11,13H,7-8,10H2,1H3,(H,17,20). The molecule has 1 aliphatic rings. The summed E-state index contributed by atoms with van der Waals surface area (Å²) in [6, 6.07) is 9.07. The number of carbonyl (C=O) groups is 1.